The van der Waals surface area contributed by atoms with Crippen LogP contribution in [0.3, 0.4) is 0 Å². The molecule has 1 aliphatic heterocycles. The van der Waals surface area contributed by atoms with Crippen molar-refractivity contribution in [3.8, 4) is 5.75 Å². The molecule has 1 saturated heterocycles. The van der Waals surface area contributed by atoms with E-state index in [0.717, 1.165) is 31.7 Å². The SMILES string of the molecule is CCOc1ccccc1NC(=O)C(c1ccccc1)N1CCN(c2ccccc2)CC1. The first-order valence-corrected chi connectivity index (χ1v) is 10.9. The van der Waals surface area contributed by atoms with Crippen molar-refractivity contribution in [1.82, 2.24) is 4.90 Å². The van der Waals surface area contributed by atoms with Crippen LogP contribution in [0.5, 0.6) is 5.75 Å². The van der Waals surface area contributed by atoms with Crippen molar-refractivity contribution in [2.45, 2.75) is 13.0 Å². The van der Waals surface area contributed by atoms with E-state index in [2.05, 4.69) is 39.4 Å². The number of hydrogen-bond donors (Lipinski definition) is 1. The summed E-state index contributed by atoms with van der Waals surface area (Å²) in [5.74, 6) is 0.658. The number of hydrogen-bond acceptors (Lipinski definition) is 4. The molecule has 5 nitrogen and oxygen atoms in total. The van der Waals surface area contributed by atoms with E-state index in [0.29, 0.717) is 18.0 Å². The molecular weight excluding hydrogens is 386 g/mol. The molecule has 1 aliphatic rings. The van der Waals surface area contributed by atoms with E-state index in [9.17, 15) is 4.79 Å². The van der Waals surface area contributed by atoms with Gasteiger partial charge in [0.1, 0.15) is 11.8 Å². The maximum atomic E-state index is 13.5. The van der Waals surface area contributed by atoms with Crippen LogP contribution >= 0.6 is 0 Å². The number of amides is 1. The summed E-state index contributed by atoms with van der Waals surface area (Å²) < 4.78 is 5.70. The van der Waals surface area contributed by atoms with Gasteiger partial charge in [0.15, 0.2) is 0 Å². The molecule has 1 amide bonds. The molecule has 3 aromatic rings. The molecule has 3 aromatic carbocycles. The fourth-order valence-electron chi connectivity index (χ4n) is 4.09. The number of anilines is 2. The number of nitrogens with one attached hydrogen (secondary N) is 1. The van der Waals surface area contributed by atoms with Crippen LogP contribution in [0.15, 0.2) is 84.9 Å². The molecule has 0 aromatic heterocycles. The van der Waals surface area contributed by atoms with Gasteiger partial charge in [-0.25, -0.2) is 0 Å². The number of carbonyl (C=O) groups is 1. The first kappa shape index (κ1) is 20.9. The summed E-state index contributed by atoms with van der Waals surface area (Å²) in [7, 11) is 0. The summed E-state index contributed by atoms with van der Waals surface area (Å²) in [6.07, 6.45) is 0. The maximum absolute atomic E-state index is 13.5. The molecule has 31 heavy (non-hydrogen) atoms. The standard InChI is InChI=1S/C26H29N3O2/c1-2-31-24-16-10-9-15-23(24)27-26(30)25(21-11-5-3-6-12-21)29-19-17-28(18-20-29)22-13-7-4-8-14-22/h3-16,25H,2,17-20H2,1H3,(H,27,30). The third-order valence-electron chi connectivity index (χ3n) is 5.61. The van der Waals surface area contributed by atoms with Crippen LogP contribution in [0, 0.1) is 0 Å². The van der Waals surface area contributed by atoms with E-state index < -0.39 is 0 Å². The summed E-state index contributed by atoms with van der Waals surface area (Å²) in [4.78, 5) is 18.1. The van der Waals surface area contributed by atoms with E-state index in [1.54, 1.807) is 0 Å². The van der Waals surface area contributed by atoms with Gasteiger partial charge in [0.25, 0.3) is 0 Å². The Bertz CT molecular complexity index is 970. The topological polar surface area (TPSA) is 44.8 Å². The zero-order valence-corrected chi connectivity index (χ0v) is 17.9. The Labute approximate surface area is 184 Å². The van der Waals surface area contributed by atoms with E-state index >= 15 is 0 Å². The number of carbonyl (C=O) groups excluding carboxylic acids is 1. The zero-order chi connectivity index (χ0) is 21.5. The second-order valence-corrected chi connectivity index (χ2v) is 7.59. The van der Waals surface area contributed by atoms with Crippen molar-refractivity contribution in [2.75, 3.05) is 43.0 Å². The Morgan fingerprint density at radius 1 is 0.871 bits per heavy atom. The Hall–Kier alpha value is -3.31. The van der Waals surface area contributed by atoms with E-state index in [-0.39, 0.29) is 11.9 Å². The normalized spacial score (nSPS) is 15.3. The highest BCUT2D eigenvalue weighted by atomic mass is 16.5. The van der Waals surface area contributed by atoms with Crippen LogP contribution in [0.2, 0.25) is 0 Å². The minimum Gasteiger partial charge on any atom is -0.492 e. The van der Waals surface area contributed by atoms with Crippen molar-refractivity contribution < 1.29 is 9.53 Å². The van der Waals surface area contributed by atoms with Gasteiger partial charge in [0.2, 0.25) is 5.91 Å². The average molecular weight is 416 g/mol. The van der Waals surface area contributed by atoms with Gasteiger partial charge < -0.3 is 15.0 Å². The molecule has 160 valence electrons. The Morgan fingerprint density at radius 3 is 2.16 bits per heavy atom. The van der Waals surface area contributed by atoms with Crippen LogP contribution in [0.25, 0.3) is 0 Å². The molecule has 0 spiro atoms. The number of benzene rings is 3. The van der Waals surface area contributed by atoms with Gasteiger partial charge in [-0.3, -0.25) is 9.69 Å². The van der Waals surface area contributed by atoms with Gasteiger partial charge in [-0.15, -0.1) is 0 Å². The quantitative estimate of drug-likeness (QED) is 0.613. The first-order chi connectivity index (χ1) is 15.3. The van der Waals surface area contributed by atoms with Crippen LogP contribution in [0.4, 0.5) is 11.4 Å². The Balaban J connectivity index is 1.53. The van der Waals surface area contributed by atoms with Gasteiger partial charge in [0.05, 0.1) is 12.3 Å². The second-order valence-electron chi connectivity index (χ2n) is 7.59. The van der Waals surface area contributed by atoms with E-state index in [4.69, 9.17) is 4.74 Å². The van der Waals surface area contributed by atoms with Crippen molar-refractivity contribution in [1.29, 1.82) is 0 Å². The Kier molecular flexibility index (Phi) is 6.85. The monoisotopic (exact) mass is 415 g/mol. The minimum absolute atomic E-state index is 0.0356. The summed E-state index contributed by atoms with van der Waals surface area (Å²) in [5, 5.41) is 3.11. The number of nitrogens with zero attached hydrogens (tertiary/aromatic N) is 2. The molecule has 1 N–H and O–H groups in total. The van der Waals surface area contributed by atoms with Gasteiger partial charge in [-0.1, -0.05) is 60.7 Å². The summed E-state index contributed by atoms with van der Waals surface area (Å²) in [6.45, 7) is 5.89. The third kappa shape index (κ3) is 5.06. The third-order valence-corrected chi connectivity index (χ3v) is 5.61. The fourth-order valence-corrected chi connectivity index (χ4v) is 4.09. The molecular formula is C26H29N3O2. The predicted molar refractivity (Wildman–Crippen MR) is 126 cm³/mol. The van der Waals surface area contributed by atoms with Crippen LogP contribution in [-0.2, 0) is 4.79 Å². The summed E-state index contributed by atoms with van der Waals surface area (Å²) in [6, 6.07) is 27.7. The van der Waals surface area contributed by atoms with Crippen molar-refractivity contribution in [2.24, 2.45) is 0 Å². The van der Waals surface area contributed by atoms with Gasteiger partial charge in [-0.2, -0.15) is 0 Å². The van der Waals surface area contributed by atoms with Crippen LogP contribution in [-0.4, -0.2) is 43.6 Å². The summed E-state index contributed by atoms with van der Waals surface area (Å²) in [5.41, 5.74) is 2.94. The lowest BCUT2D eigenvalue weighted by atomic mass is 10.0. The van der Waals surface area contributed by atoms with Gasteiger partial charge in [0, 0.05) is 31.9 Å². The van der Waals surface area contributed by atoms with Crippen molar-refractivity contribution in [3.63, 3.8) is 0 Å². The molecule has 0 bridgehead atoms. The molecule has 0 saturated carbocycles. The number of para-hydroxylation sites is 3. The zero-order valence-electron chi connectivity index (χ0n) is 17.9. The molecule has 1 atom stereocenters. The van der Waals surface area contributed by atoms with E-state index in [1.165, 1.54) is 5.69 Å². The lowest BCUT2D eigenvalue weighted by Crippen LogP contribution is -2.50. The molecule has 1 heterocycles. The first-order valence-electron chi connectivity index (χ1n) is 10.9. The second kappa shape index (κ2) is 10.1. The van der Waals surface area contributed by atoms with Crippen molar-refractivity contribution in [3.05, 3.63) is 90.5 Å². The molecule has 4 rings (SSSR count). The van der Waals surface area contributed by atoms with Crippen LogP contribution in [0.1, 0.15) is 18.5 Å². The maximum Gasteiger partial charge on any atom is 0.246 e. The largest absolute Gasteiger partial charge is 0.492 e. The van der Waals surface area contributed by atoms with Crippen LogP contribution < -0.4 is 15.0 Å². The lowest BCUT2D eigenvalue weighted by molar-refractivity contribution is -0.121. The molecule has 0 aliphatic carbocycles. The summed E-state index contributed by atoms with van der Waals surface area (Å²) >= 11 is 0. The van der Waals surface area contributed by atoms with Gasteiger partial charge in [-0.05, 0) is 36.8 Å². The number of piperazine rings is 1. The highest BCUT2D eigenvalue weighted by molar-refractivity contribution is 5.96. The minimum atomic E-state index is -0.353. The predicted octanol–water partition coefficient (Wildman–Crippen LogP) is 4.59. The average Bonchev–Trinajstić information content (AvgIpc) is 2.82. The molecule has 0 radical (unpaired) electrons. The number of ether oxygens (including phenoxy) is 1. The highest BCUT2D eigenvalue weighted by Gasteiger charge is 2.31. The van der Waals surface area contributed by atoms with E-state index in [1.807, 2.05) is 67.6 Å². The molecule has 1 unspecified atom stereocenters. The Morgan fingerprint density at radius 2 is 1.48 bits per heavy atom. The highest BCUT2D eigenvalue weighted by Crippen LogP contribution is 2.29. The lowest BCUT2D eigenvalue weighted by Gasteiger charge is -2.39. The number of rotatable bonds is 7. The molecule has 5 heteroatoms. The fraction of sp³-hybridized carbons (Fsp3) is 0.269. The smallest absolute Gasteiger partial charge is 0.246 e. The van der Waals surface area contributed by atoms with Crippen molar-refractivity contribution >= 4 is 17.3 Å². The van der Waals surface area contributed by atoms with Gasteiger partial charge >= 0.3 is 0 Å². The molecule has 1 fully saturated rings.